The maximum absolute atomic E-state index is 11.7. The summed E-state index contributed by atoms with van der Waals surface area (Å²) in [5, 5.41) is 0. The van der Waals surface area contributed by atoms with Gasteiger partial charge in [-0.2, -0.15) is 0 Å². The SMILES string of the molecule is CCOC(=O)C1(N)CC2=C(CCCC2)S1. The molecule has 1 atom stereocenters. The van der Waals surface area contributed by atoms with E-state index in [0.717, 1.165) is 12.8 Å². The second-order valence-corrected chi connectivity index (χ2v) is 5.55. The van der Waals surface area contributed by atoms with Crippen LogP contribution in [0.25, 0.3) is 0 Å². The van der Waals surface area contributed by atoms with Gasteiger partial charge in [-0.1, -0.05) is 17.3 Å². The Bertz CT molecular complexity index is 294. The maximum atomic E-state index is 11.7. The van der Waals surface area contributed by atoms with Crippen LogP contribution in [0.3, 0.4) is 0 Å². The molecule has 0 bridgehead atoms. The molecule has 0 radical (unpaired) electrons. The summed E-state index contributed by atoms with van der Waals surface area (Å²) in [6.07, 6.45) is 5.36. The Morgan fingerprint density at radius 3 is 2.93 bits per heavy atom. The molecule has 0 saturated heterocycles. The molecular formula is C11H17NO2S. The van der Waals surface area contributed by atoms with E-state index in [1.54, 1.807) is 0 Å². The second-order valence-electron chi connectivity index (χ2n) is 4.12. The fourth-order valence-corrected chi connectivity index (χ4v) is 3.58. The zero-order valence-corrected chi connectivity index (χ0v) is 9.86. The molecule has 0 amide bonds. The zero-order chi connectivity index (χ0) is 10.9. The van der Waals surface area contributed by atoms with Gasteiger partial charge in [0.1, 0.15) is 0 Å². The molecule has 0 saturated carbocycles. The lowest BCUT2D eigenvalue weighted by Crippen LogP contribution is -2.44. The largest absolute Gasteiger partial charge is 0.464 e. The molecular weight excluding hydrogens is 210 g/mol. The Labute approximate surface area is 94.4 Å². The third-order valence-electron chi connectivity index (χ3n) is 2.93. The van der Waals surface area contributed by atoms with Gasteiger partial charge < -0.3 is 10.5 Å². The number of hydrogen-bond acceptors (Lipinski definition) is 4. The fourth-order valence-electron chi connectivity index (χ4n) is 2.19. The Balaban J connectivity index is 2.07. The quantitative estimate of drug-likeness (QED) is 0.735. The van der Waals surface area contributed by atoms with Crippen molar-refractivity contribution in [1.29, 1.82) is 0 Å². The summed E-state index contributed by atoms with van der Waals surface area (Å²) in [5.74, 6) is -0.260. The van der Waals surface area contributed by atoms with Crippen LogP contribution in [0.5, 0.6) is 0 Å². The van der Waals surface area contributed by atoms with E-state index in [2.05, 4.69) is 0 Å². The van der Waals surface area contributed by atoms with Crippen molar-refractivity contribution in [3.8, 4) is 0 Å². The molecule has 0 spiro atoms. The molecule has 0 aromatic carbocycles. The summed E-state index contributed by atoms with van der Waals surface area (Å²) >= 11 is 1.53. The van der Waals surface area contributed by atoms with Gasteiger partial charge in [-0.3, -0.25) is 0 Å². The summed E-state index contributed by atoms with van der Waals surface area (Å²) < 4.78 is 5.02. The zero-order valence-electron chi connectivity index (χ0n) is 9.04. The molecule has 0 fully saturated rings. The highest BCUT2D eigenvalue weighted by molar-refractivity contribution is 8.05. The summed E-state index contributed by atoms with van der Waals surface area (Å²) in [5.41, 5.74) is 7.49. The van der Waals surface area contributed by atoms with Gasteiger partial charge in [0.2, 0.25) is 0 Å². The second kappa shape index (κ2) is 4.18. The number of carbonyl (C=O) groups is 1. The van der Waals surface area contributed by atoms with Gasteiger partial charge in [0, 0.05) is 6.42 Å². The van der Waals surface area contributed by atoms with Crippen LogP contribution in [0, 0.1) is 0 Å². The number of carbonyl (C=O) groups excluding carboxylic acids is 1. The van der Waals surface area contributed by atoms with Crippen LogP contribution in [0.2, 0.25) is 0 Å². The van der Waals surface area contributed by atoms with Crippen LogP contribution in [0.15, 0.2) is 10.5 Å². The number of ether oxygens (including phenoxy) is 1. The lowest BCUT2D eigenvalue weighted by atomic mass is 9.94. The molecule has 2 rings (SSSR count). The standard InChI is InChI=1S/C11H17NO2S/c1-2-14-10(13)11(12)7-8-5-3-4-6-9(8)15-11/h2-7,12H2,1H3. The molecule has 0 aromatic rings. The normalized spacial score (nSPS) is 30.3. The van der Waals surface area contributed by atoms with Crippen molar-refractivity contribution in [3.63, 3.8) is 0 Å². The van der Waals surface area contributed by atoms with E-state index in [1.807, 2.05) is 6.92 Å². The van der Waals surface area contributed by atoms with Crippen molar-refractivity contribution in [3.05, 3.63) is 10.5 Å². The van der Waals surface area contributed by atoms with Crippen molar-refractivity contribution in [2.45, 2.75) is 43.9 Å². The highest BCUT2D eigenvalue weighted by Crippen LogP contribution is 2.49. The molecule has 0 aromatic heterocycles. The van der Waals surface area contributed by atoms with E-state index in [0.29, 0.717) is 13.0 Å². The highest BCUT2D eigenvalue weighted by atomic mass is 32.2. The molecule has 15 heavy (non-hydrogen) atoms. The average molecular weight is 227 g/mol. The molecule has 1 aliphatic carbocycles. The topological polar surface area (TPSA) is 52.3 Å². The first-order valence-electron chi connectivity index (χ1n) is 5.52. The van der Waals surface area contributed by atoms with Crippen molar-refractivity contribution >= 4 is 17.7 Å². The molecule has 4 heteroatoms. The predicted molar refractivity (Wildman–Crippen MR) is 61.3 cm³/mol. The van der Waals surface area contributed by atoms with Crippen molar-refractivity contribution in [2.75, 3.05) is 6.61 Å². The molecule has 84 valence electrons. The van der Waals surface area contributed by atoms with Crippen LogP contribution >= 0.6 is 11.8 Å². The number of rotatable bonds is 2. The number of thioether (sulfide) groups is 1. The minimum Gasteiger partial charge on any atom is -0.464 e. The number of hydrogen-bond donors (Lipinski definition) is 1. The van der Waals surface area contributed by atoms with E-state index in [9.17, 15) is 4.79 Å². The summed E-state index contributed by atoms with van der Waals surface area (Å²) in [7, 11) is 0. The van der Waals surface area contributed by atoms with E-state index in [4.69, 9.17) is 10.5 Å². The lowest BCUT2D eigenvalue weighted by molar-refractivity contribution is -0.145. The van der Waals surface area contributed by atoms with E-state index in [1.165, 1.54) is 35.1 Å². The van der Waals surface area contributed by atoms with Gasteiger partial charge >= 0.3 is 5.97 Å². The van der Waals surface area contributed by atoms with E-state index in [-0.39, 0.29) is 5.97 Å². The molecule has 2 aliphatic rings. The van der Waals surface area contributed by atoms with Crippen LogP contribution in [-0.4, -0.2) is 17.4 Å². The molecule has 1 aliphatic heterocycles. The molecule has 2 N–H and O–H groups in total. The number of nitrogens with two attached hydrogens (primary N) is 1. The molecule has 3 nitrogen and oxygen atoms in total. The molecule has 1 heterocycles. The van der Waals surface area contributed by atoms with Gasteiger partial charge in [-0.05, 0) is 37.5 Å². The minimum absolute atomic E-state index is 0.260. The van der Waals surface area contributed by atoms with Crippen LogP contribution in [0.4, 0.5) is 0 Å². The lowest BCUT2D eigenvalue weighted by Gasteiger charge is -2.20. The number of allylic oxidation sites excluding steroid dienone is 1. The van der Waals surface area contributed by atoms with Crippen LogP contribution < -0.4 is 5.73 Å². The van der Waals surface area contributed by atoms with Gasteiger partial charge in [0.05, 0.1) is 6.61 Å². The first-order valence-corrected chi connectivity index (χ1v) is 6.33. The average Bonchev–Trinajstić information content (AvgIpc) is 2.56. The summed E-state index contributed by atoms with van der Waals surface area (Å²) in [6, 6.07) is 0. The minimum atomic E-state index is -0.828. The van der Waals surface area contributed by atoms with Crippen LogP contribution in [0.1, 0.15) is 39.0 Å². The first kappa shape index (κ1) is 11.0. The van der Waals surface area contributed by atoms with Crippen molar-refractivity contribution in [1.82, 2.24) is 0 Å². The Morgan fingerprint density at radius 1 is 1.53 bits per heavy atom. The van der Waals surface area contributed by atoms with Gasteiger partial charge in [0.15, 0.2) is 4.87 Å². The maximum Gasteiger partial charge on any atom is 0.337 e. The van der Waals surface area contributed by atoms with Gasteiger partial charge in [0.25, 0.3) is 0 Å². The third kappa shape index (κ3) is 2.06. The smallest absolute Gasteiger partial charge is 0.337 e. The third-order valence-corrected chi connectivity index (χ3v) is 4.34. The van der Waals surface area contributed by atoms with Gasteiger partial charge in [-0.15, -0.1) is 0 Å². The number of esters is 1. The fraction of sp³-hybridized carbons (Fsp3) is 0.727. The molecule has 1 unspecified atom stereocenters. The Hall–Kier alpha value is -0.480. The van der Waals surface area contributed by atoms with E-state index >= 15 is 0 Å². The van der Waals surface area contributed by atoms with Gasteiger partial charge in [-0.25, -0.2) is 4.79 Å². The Kier molecular flexibility index (Phi) is 3.07. The highest BCUT2D eigenvalue weighted by Gasteiger charge is 2.44. The van der Waals surface area contributed by atoms with Crippen LogP contribution in [-0.2, 0) is 9.53 Å². The monoisotopic (exact) mass is 227 g/mol. The Morgan fingerprint density at radius 2 is 2.27 bits per heavy atom. The van der Waals surface area contributed by atoms with E-state index < -0.39 is 4.87 Å². The van der Waals surface area contributed by atoms with Crippen molar-refractivity contribution < 1.29 is 9.53 Å². The predicted octanol–water partition coefficient (Wildman–Crippen LogP) is 2.17. The summed E-state index contributed by atoms with van der Waals surface area (Å²) in [6.45, 7) is 2.22. The summed E-state index contributed by atoms with van der Waals surface area (Å²) in [4.78, 5) is 12.2. The first-order chi connectivity index (χ1) is 7.15. The van der Waals surface area contributed by atoms with Crippen molar-refractivity contribution in [2.24, 2.45) is 5.73 Å².